The molecule has 0 unspecified atom stereocenters. The van der Waals surface area contributed by atoms with Crippen LogP contribution in [-0.4, -0.2) is 4.57 Å². The molecular formula is C73H50N2. The highest BCUT2D eigenvalue weighted by molar-refractivity contribution is 6.11. The van der Waals surface area contributed by atoms with Gasteiger partial charge >= 0.3 is 0 Å². The molecule has 1 aromatic heterocycles. The van der Waals surface area contributed by atoms with Gasteiger partial charge in [-0.1, -0.05) is 243 Å². The Bertz CT molecular complexity index is 4170. The lowest BCUT2D eigenvalue weighted by molar-refractivity contribution is 0.767. The third-order valence-electron chi connectivity index (χ3n) is 15.5. The monoisotopic (exact) mass is 954 g/mol. The summed E-state index contributed by atoms with van der Waals surface area (Å²) < 4.78 is 2.49. The summed E-state index contributed by atoms with van der Waals surface area (Å²) >= 11 is 0. The van der Waals surface area contributed by atoms with Gasteiger partial charge in [0.15, 0.2) is 0 Å². The van der Waals surface area contributed by atoms with Crippen LogP contribution in [0.15, 0.2) is 303 Å². The van der Waals surface area contributed by atoms with Gasteiger partial charge in [-0.2, -0.15) is 0 Å². The first-order valence-electron chi connectivity index (χ1n) is 25.9. The number of fused-ring (bicyclic) bond motifs is 6. The van der Waals surface area contributed by atoms with E-state index in [0.29, 0.717) is 0 Å². The Kier molecular flexibility index (Phi) is 10.8. The summed E-state index contributed by atoms with van der Waals surface area (Å²) in [6.07, 6.45) is 0. The maximum Gasteiger partial charge on any atom is 0.0714 e. The van der Waals surface area contributed by atoms with Crippen LogP contribution in [0.1, 0.15) is 22.3 Å². The van der Waals surface area contributed by atoms with E-state index in [1.165, 1.54) is 77.5 Å². The molecule has 0 fully saturated rings. The van der Waals surface area contributed by atoms with Crippen LogP contribution in [0.5, 0.6) is 0 Å². The molecule has 0 bridgehead atoms. The minimum absolute atomic E-state index is 0.509. The van der Waals surface area contributed by atoms with Crippen LogP contribution in [0.3, 0.4) is 0 Å². The first-order valence-corrected chi connectivity index (χ1v) is 25.9. The van der Waals surface area contributed by atoms with Gasteiger partial charge in [-0.3, -0.25) is 0 Å². The molecule has 1 aliphatic rings. The van der Waals surface area contributed by atoms with Crippen molar-refractivity contribution >= 4 is 38.9 Å². The smallest absolute Gasteiger partial charge is 0.0714 e. The Morgan fingerprint density at radius 3 is 1.49 bits per heavy atom. The Balaban J connectivity index is 0.909. The van der Waals surface area contributed by atoms with Crippen LogP contribution < -0.4 is 4.90 Å². The van der Waals surface area contributed by atoms with Crippen LogP contribution in [-0.2, 0) is 5.41 Å². The highest BCUT2D eigenvalue weighted by Gasteiger charge is 2.46. The van der Waals surface area contributed by atoms with Crippen molar-refractivity contribution in [2.45, 2.75) is 5.41 Å². The van der Waals surface area contributed by atoms with Gasteiger partial charge in [-0.15, -0.1) is 0 Å². The number of benzene rings is 12. The highest BCUT2D eigenvalue weighted by Crippen LogP contribution is 2.57. The largest absolute Gasteiger partial charge is 0.310 e. The number of aromatic nitrogens is 1. The lowest BCUT2D eigenvalue weighted by atomic mass is 9.67. The Morgan fingerprint density at radius 1 is 0.267 bits per heavy atom. The predicted octanol–water partition coefficient (Wildman–Crippen LogP) is 19.3. The molecule has 1 aliphatic carbocycles. The molecule has 13 aromatic rings. The van der Waals surface area contributed by atoms with Crippen LogP contribution in [0.2, 0.25) is 0 Å². The average molecular weight is 955 g/mol. The van der Waals surface area contributed by atoms with Crippen molar-refractivity contribution in [3.63, 3.8) is 0 Å². The standard InChI is InChI=1S/C73H50N2/c1-5-22-51(23-6-1)53-24-21-25-54(48-53)52-40-43-59(44-41-52)74(58-30-11-4-12-31-58)70-38-19-16-35-65(70)62-33-14-13-32-61(62)55-42-46-67-66-36-17-20-39-71(66)75(72(67)49-55)60-45-47-64-63-34-15-18-37-68(63)73(69(64)50-60,56-26-7-2-8-27-56)57-28-9-3-10-29-57/h1-50H. The Hall–Kier alpha value is -9.76. The number of hydrogen-bond acceptors (Lipinski definition) is 1. The molecule has 12 aromatic carbocycles. The van der Waals surface area contributed by atoms with Crippen molar-refractivity contribution in [1.29, 1.82) is 0 Å². The SMILES string of the molecule is c1ccc(-c2cccc(-c3ccc(N(c4ccccc4)c4ccccc4-c4ccccc4-c4ccc5c6ccccc6n(-c6ccc7c(c6)C(c6ccccc6)(c6ccccc6)c6ccccc6-7)c5c4)cc3)c2)cc1. The lowest BCUT2D eigenvalue weighted by Gasteiger charge is -2.34. The summed E-state index contributed by atoms with van der Waals surface area (Å²) in [5, 5.41) is 2.45. The molecule has 0 radical (unpaired) electrons. The van der Waals surface area contributed by atoms with Crippen molar-refractivity contribution in [2.24, 2.45) is 0 Å². The van der Waals surface area contributed by atoms with Crippen LogP contribution in [0.4, 0.5) is 17.1 Å². The van der Waals surface area contributed by atoms with E-state index in [0.717, 1.165) is 45.0 Å². The molecule has 75 heavy (non-hydrogen) atoms. The predicted molar refractivity (Wildman–Crippen MR) is 315 cm³/mol. The van der Waals surface area contributed by atoms with Crippen molar-refractivity contribution < 1.29 is 0 Å². The van der Waals surface area contributed by atoms with Gasteiger partial charge in [0.1, 0.15) is 0 Å². The summed E-state index contributed by atoms with van der Waals surface area (Å²) in [4.78, 5) is 2.40. The summed E-state index contributed by atoms with van der Waals surface area (Å²) in [6, 6.07) is 111. The van der Waals surface area contributed by atoms with Crippen molar-refractivity contribution in [3.8, 4) is 61.3 Å². The molecule has 1 heterocycles. The van der Waals surface area contributed by atoms with Gasteiger partial charge < -0.3 is 9.47 Å². The molecule has 352 valence electrons. The maximum atomic E-state index is 2.49. The van der Waals surface area contributed by atoms with E-state index in [-0.39, 0.29) is 0 Å². The van der Waals surface area contributed by atoms with E-state index in [2.05, 4.69) is 313 Å². The number of anilines is 3. The third-order valence-corrected chi connectivity index (χ3v) is 15.5. The first-order chi connectivity index (χ1) is 37.2. The Labute approximate surface area is 438 Å². The van der Waals surface area contributed by atoms with Crippen LogP contribution >= 0.6 is 0 Å². The minimum atomic E-state index is -0.509. The summed E-state index contributed by atoms with van der Waals surface area (Å²) in [6.45, 7) is 0. The second kappa shape index (κ2) is 18.4. The molecular weight excluding hydrogens is 905 g/mol. The summed E-state index contributed by atoms with van der Waals surface area (Å²) in [7, 11) is 0. The average Bonchev–Trinajstić information content (AvgIpc) is 4.08. The summed E-state index contributed by atoms with van der Waals surface area (Å²) in [5.41, 5.74) is 23.3. The van der Waals surface area contributed by atoms with Gasteiger partial charge in [0.25, 0.3) is 0 Å². The molecule has 0 spiro atoms. The van der Waals surface area contributed by atoms with E-state index < -0.39 is 5.41 Å². The van der Waals surface area contributed by atoms with E-state index in [4.69, 9.17) is 0 Å². The lowest BCUT2D eigenvalue weighted by Crippen LogP contribution is -2.28. The van der Waals surface area contributed by atoms with E-state index in [1.54, 1.807) is 0 Å². The highest BCUT2D eigenvalue weighted by atomic mass is 15.1. The van der Waals surface area contributed by atoms with Crippen molar-refractivity contribution in [1.82, 2.24) is 4.57 Å². The van der Waals surface area contributed by atoms with Gasteiger partial charge in [0.2, 0.25) is 0 Å². The Morgan fingerprint density at radius 2 is 0.773 bits per heavy atom. The van der Waals surface area contributed by atoms with Gasteiger partial charge in [0.05, 0.1) is 22.1 Å². The molecule has 0 aliphatic heterocycles. The summed E-state index contributed by atoms with van der Waals surface area (Å²) in [5.74, 6) is 0. The zero-order chi connectivity index (χ0) is 49.7. The van der Waals surface area contributed by atoms with Crippen LogP contribution in [0, 0.1) is 0 Å². The molecule has 0 saturated heterocycles. The fourth-order valence-corrected chi connectivity index (χ4v) is 12.2. The van der Waals surface area contributed by atoms with Crippen molar-refractivity contribution in [2.75, 3.05) is 4.90 Å². The molecule has 0 amide bonds. The first kappa shape index (κ1) is 44.0. The number of hydrogen-bond donors (Lipinski definition) is 0. The normalized spacial score (nSPS) is 12.4. The fourth-order valence-electron chi connectivity index (χ4n) is 12.2. The minimum Gasteiger partial charge on any atom is -0.310 e. The molecule has 2 heteroatoms. The topological polar surface area (TPSA) is 8.17 Å². The second-order valence-corrected chi connectivity index (χ2v) is 19.6. The zero-order valence-corrected chi connectivity index (χ0v) is 41.3. The molecule has 0 N–H and O–H groups in total. The third kappa shape index (κ3) is 7.33. The maximum absolute atomic E-state index is 2.49. The van der Waals surface area contributed by atoms with Gasteiger partial charge in [-0.05, 0) is 133 Å². The molecule has 0 atom stereocenters. The second-order valence-electron chi connectivity index (χ2n) is 19.6. The number of para-hydroxylation sites is 3. The van der Waals surface area contributed by atoms with Crippen molar-refractivity contribution in [3.05, 3.63) is 326 Å². The fraction of sp³-hybridized carbons (Fsp3) is 0.0137. The number of rotatable bonds is 10. The molecule has 14 rings (SSSR count). The van der Waals surface area contributed by atoms with Crippen LogP contribution in [0.25, 0.3) is 83.1 Å². The van der Waals surface area contributed by atoms with Gasteiger partial charge in [0, 0.05) is 33.4 Å². The molecule has 2 nitrogen and oxygen atoms in total. The van der Waals surface area contributed by atoms with E-state index in [1.807, 2.05) is 0 Å². The quantitative estimate of drug-likeness (QED) is 0.133. The van der Waals surface area contributed by atoms with E-state index in [9.17, 15) is 0 Å². The number of nitrogens with zero attached hydrogens (tertiary/aromatic N) is 2. The van der Waals surface area contributed by atoms with Gasteiger partial charge in [-0.25, -0.2) is 0 Å². The molecule has 0 saturated carbocycles. The zero-order valence-electron chi connectivity index (χ0n) is 41.3. The van der Waals surface area contributed by atoms with E-state index >= 15 is 0 Å².